The summed E-state index contributed by atoms with van der Waals surface area (Å²) in [5, 5.41) is 3.32. The molecule has 2 heterocycles. The number of hydrogen-bond acceptors (Lipinski definition) is 3. The molecule has 0 amide bonds. The van der Waals surface area contributed by atoms with Gasteiger partial charge < -0.3 is 9.88 Å². The second kappa shape index (κ2) is 5.57. The summed E-state index contributed by atoms with van der Waals surface area (Å²) in [6.07, 6.45) is 7.39. The van der Waals surface area contributed by atoms with Crippen molar-refractivity contribution in [3.05, 3.63) is 73.1 Å². The van der Waals surface area contributed by atoms with Gasteiger partial charge in [-0.3, -0.25) is 4.98 Å². The molecule has 4 heteroatoms. The van der Waals surface area contributed by atoms with Gasteiger partial charge in [0.1, 0.15) is 0 Å². The minimum absolute atomic E-state index is 0.184. The molecular formula is C16H16N4. The topological polar surface area (TPSA) is 42.7 Å². The summed E-state index contributed by atoms with van der Waals surface area (Å²) >= 11 is 0. The van der Waals surface area contributed by atoms with Crippen LogP contribution < -0.4 is 5.32 Å². The van der Waals surface area contributed by atoms with Crippen LogP contribution in [0, 0.1) is 0 Å². The molecule has 4 nitrogen and oxygen atoms in total. The fourth-order valence-corrected chi connectivity index (χ4v) is 2.07. The third kappa shape index (κ3) is 2.69. The van der Waals surface area contributed by atoms with E-state index in [1.807, 2.05) is 65.8 Å². The fraction of sp³-hybridized carbons (Fsp3) is 0.125. The van der Waals surface area contributed by atoms with Gasteiger partial charge in [0.15, 0.2) is 0 Å². The lowest BCUT2D eigenvalue weighted by Crippen LogP contribution is -2.06. The highest BCUT2D eigenvalue weighted by Gasteiger charge is 2.08. The van der Waals surface area contributed by atoms with Gasteiger partial charge >= 0.3 is 0 Å². The van der Waals surface area contributed by atoms with Gasteiger partial charge in [-0.05, 0) is 31.2 Å². The fourth-order valence-electron chi connectivity index (χ4n) is 2.07. The van der Waals surface area contributed by atoms with Crippen LogP contribution in [0.1, 0.15) is 18.7 Å². The molecule has 0 aliphatic rings. The SMILES string of the molecule is C[C@@H](c1ccc(Nc2ccccc2)cn1)n1ccnc1. The maximum atomic E-state index is 4.52. The zero-order valence-corrected chi connectivity index (χ0v) is 11.3. The highest BCUT2D eigenvalue weighted by atomic mass is 15.1. The zero-order chi connectivity index (χ0) is 13.8. The number of anilines is 2. The highest BCUT2D eigenvalue weighted by Crippen LogP contribution is 2.19. The first kappa shape index (κ1) is 12.4. The van der Waals surface area contributed by atoms with Crippen molar-refractivity contribution >= 4 is 11.4 Å². The Labute approximate surface area is 118 Å². The Morgan fingerprint density at radius 1 is 1.05 bits per heavy atom. The normalized spacial score (nSPS) is 12.1. The third-order valence-electron chi connectivity index (χ3n) is 3.25. The molecule has 2 aromatic heterocycles. The van der Waals surface area contributed by atoms with Crippen LogP contribution in [0.3, 0.4) is 0 Å². The average molecular weight is 264 g/mol. The summed E-state index contributed by atoms with van der Waals surface area (Å²) in [5.74, 6) is 0. The molecule has 0 aliphatic carbocycles. The number of rotatable bonds is 4. The monoisotopic (exact) mass is 264 g/mol. The molecule has 1 N–H and O–H groups in total. The van der Waals surface area contributed by atoms with Crippen molar-refractivity contribution in [1.29, 1.82) is 0 Å². The molecule has 0 aliphatic heterocycles. The number of nitrogens with one attached hydrogen (secondary N) is 1. The van der Waals surface area contributed by atoms with E-state index in [2.05, 4.69) is 22.2 Å². The van der Waals surface area contributed by atoms with E-state index in [1.54, 1.807) is 6.20 Å². The Morgan fingerprint density at radius 2 is 1.90 bits per heavy atom. The Balaban J connectivity index is 1.75. The molecular weight excluding hydrogens is 248 g/mol. The summed E-state index contributed by atoms with van der Waals surface area (Å²) in [6.45, 7) is 2.11. The van der Waals surface area contributed by atoms with Crippen LogP contribution in [0.15, 0.2) is 67.4 Å². The molecule has 0 fully saturated rings. The lowest BCUT2D eigenvalue weighted by molar-refractivity contribution is 0.620. The van der Waals surface area contributed by atoms with Crippen LogP contribution in [0.25, 0.3) is 0 Å². The van der Waals surface area contributed by atoms with Crippen molar-refractivity contribution in [2.45, 2.75) is 13.0 Å². The van der Waals surface area contributed by atoms with Crippen molar-refractivity contribution in [2.75, 3.05) is 5.32 Å². The van der Waals surface area contributed by atoms with Crippen LogP contribution in [0.4, 0.5) is 11.4 Å². The quantitative estimate of drug-likeness (QED) is 0.782. The number of para-hydroxylation sites is 1. The third-order valence-corrected chi connectivity index (χ3v) is 3.25. The largest absolute Gasteiger partial charge is 0.354 e. The van der Waals surface area contributed by atoms with E-state index in [-0.39, 0.29) is 6.04 Å². The van der Waals surface area contributed by atoms with E-state index < -0.39 is 0 Å². The second-order valence-corrected chi connectivity index (χ2v) is 4.65. The van der Waals surface area contributed by atoms with Crippen LogP contribution in [-0.4, -0.2) is 14.5 Å². The van der Waals surface area contributed by atoms with Gasteiger partial charge in [0.05, 0.1) is 29.9 Å². The molecule has 1 atom stereocenters. The van der Waals surface area contributed by atoms with Gasteiger partial charge in [-0.25, -0.2) is 4.98 Å². The Hall–Kier alpha value is -2.62. The molecule has 20 heavy (non-hydrogen) atoms. The molecule has 0 saturated heterocycles. The first-order chi connectivity index (χ1) is 9.83. The van der Waals surface area contributed by atoms with Gasteiger partial charge in [-0.1, -0.05) is 18.2 Å². The first-order valence-electron chi connectivity index (χ1n) is 6.58. The maximum absolute atomic E-state index is 4.52. The van der Waals surface area contributed by atoms with Crippen molar-refractivity contribution in [1.82, 2.24) is 14.5 Å². The van der Waals surface area contributed by atoms with E-state index >= 15 is 0 Å². The molecule has 0 bridgehead atoms. The number of aromatic nitrogens is 3. The molecule has 3 aromatic rings. The summed E-state index contributed by atoms with van der Waals surface area (Å²) < 4.78 is 2.03. The van der Waals surface area contributed by atoms with E-state index in [9.17, 15) is 0 Å². The van der Waals surface area contributed by atoms with Crippen molar-refractivity contribution in [2.24, 2.45) is 0 Å². The number of hydrogen-bond donors (Lipinski definition) is 1. The summed E-state index contributed by atoms with van der Waals surface area (Å²) in [7, 11) is 0. The minimum Gasteiger partial charge on any atom is -0.354 e. The number of imidazole rings is 1. The molecule has 100 valence electrons. The number of benzene rings is 1. The van der Waals surface area contributed by atoms with Gasteiger partial charge in [0.25, 0.3) is 0 Å². The van der Waals surface area contributed by atoms with E-state index in [4.69, 9.17) is 0 Å². The van der Waals surface area contributed by atoms with Crippen molar-refractivity contribution in [3.63, 3.8) is 0 Å². The lowest BCUT2D eigenvalue weighted by Gasteiger charge is -2.13. The lowest BCUT2D eigenvalue weighted by atomic mass is 10.2. The Morgan fingerprint density at radius 3 is 2.55 bits per heavy atom. The van der Waals surface area contributed by atoms with E-state index in [0.29, 0.717) is 0 Å². The van der Waals surface area contributed by atoms with Crippen molar-refractivity contribution < 1.29 is 0 Å². The van der Waals surface area contributed by atoms with Crippen LogP contribution in [-0.2, 0) is 0 Å². The van der Waals surface area contributed by atoms with Crippen LogP contribution in [0.2, 0.25) is 0 Å². The molecule has 0 spiro atoms. The van der Waals surface area contributed by atoms with E-state index in [0.717, 1.165) is 17.1 Å². The summed E-state index contributed by atoms with van der Waals surface area (Å²) in [5.41, 5.74) is 3.06. The van der Waals surface area contributed by atoms with Crippen molar-refractivity contribution in [3.8, 4) is 0 Å². The highest BCUT2D eigenvalue weighted by molar-refractivity contribution is 5.58. The van der Waals surface area contributed by atoms with Gasteiger partial charge in [0.2, 0.25) is 0 Å². The molecule has 0 radical (unpaired) electrons. The number of nitrogens with zero attached hydrogens (tertiary/aromatic N) is 3. The van der Waals surface area contributed by atoms with Gasteiger partial charge in [-0.2, -0.15) is 0 Å². The predicted molar refractivity (Wildman–Crippen MR) is 80.0 cm³/mol. The molecule has 1 aromatic carbocycles. The Kier molecular flexibility index (Phi) is 3.46. The van der Waals surface area contributed by atoms with Crippen LogP contribution in [0.5, 0.6) is 0 Å². The van der Waals surface area contributed by atoms with Gasteiger partial charge in [-0.15, -0.1) is 0 Å². The zero-order valence-electron chi connectivity index (χ0n) is 11.3. The average Bonchev–Trinajstić information content (AvgIpc) is 3.03. The molecule has 3 rings (SSSR count). The second-order valence-electron chi connectivity index (χ2n) is 4.65. The summed E-state index contributed by atoms with van der Waals surface area (Å²) in [6, 6.07) is 14.3. The summed E-state index contributed by atoms with van der Waals surface area (Å²) in [4.78, 5) is 8.58. The van der Waals surface area contributed by atoms with Gasteiger partial charge in [0, 0.05) is 18.1 Å². The van der Waals surface area contributed by atoms with Crippen LogP contribution >= 0.6 is 0 Å². The predicted octanol–water partition coefficient (Wildman–Crippen LogP) is 3.63. The first-order valence-corrected chi connectivity index (χ1v) is 6.58. The smallest absolute Gasteiger partial charge is 0.0952 e. The Bertz CT molecular complexity index is 645. The maximum Gasteiger partial charge on any atom is 0.0952 e. The standard InChI is InChI=1S/C16H16N4/c1-13(20-10-9-17-12-20)16-8-7-15(11-18-16)19-14-5-3-2-4-6-14/h2-13,19H,1H3/t13-/m0/s1. The molecule has 0 unspecified atom stereocenters. The molecule has 0 saturated carbocycles. The number of pyridine rings is 1. The minimum atomic E-state index is 0.184. The van der Waals surface area contributed by atoms with E-state index in [1.165, 1.54) is 0 Å².